The lowest BCUT2D eigenvalue weighted by Crippen LogP contribution is -2.05. The van der Waals surface area contributed by atoms with Gasteiger partial charge in [-0.3, -0.25) is 0 Å². The molecule has 0 radical (unpaired) electrons. The van der Waals surface area contributed by atoms with Crippen LogP contribution in [0.1, 0.15) is 5.69 Å². The monoisotopic (exact) mass is 184 g/mol. The summed E-state index contributed by atoms with van der Waals surface area (Å²) in [6, 6.07) is 0. The molecule has 0 aliphatic carbocycles. The third-order valence-corrected chi connectivity index (χ3v) is 1.48. The van der Waals surface area contributed by atoms with E-state index in [9.17, 15) is 15.3 Å². The summed E-state index contributed by atoms with van der Waals surface area (Å²) < 4.78 is 1.79. The zero-order chi connectivity index (χ0) is 10.0. The first-order valence-electron chi connectivity index (χ1n) is 3.43. The highest BCUT2D eigenvalue weighted by Gasteiger charge is 2.17. The van der Waals surface area contributed by atoms with Crippen molar-refractivity contribution in [3.05, 3.63) is 27.2 Å². The number of rotatable bonds is 2. The van der Waals surface area contributed by atoms with E-state index in [0.29, 0.717) is 10.4 Å². The van der Waals surface area contributed by atoms with Gasteiger partial charge in [-0.05, 0) is 4.92 Å². The standard InChI is InChI=1S/C6H8N4O3/c1-8(11)4-5-3-7-6(9(5)2)10(12)13/h3-4H,1-2H3/b8-4-. The van der Waals surface area contributed by atoms with Gasteiger partial charge in [0.2, 0.25) is 11.9 Å². The molecule has 7 nitrogen and oxygen atoms in total. The summed E-state index contributed by atoms with van der Waals surface area (Å²) in [6.45, 7) is 0. The molecule has 1 rings (SSSR count). The lowest BCUT2D eigenvalue weighted by molar-refractivity contribution is -0.417. The van der Waals surface area contributed by atoms with E-state index in [2.05, 4.69) is 4.98 Å². The predicted molar refractivity (Wildman–Crippen MR) is 44.6 cm³/mol. The maximum absolute atomic E-state index is 10.6. The molecular formula is C6H8N4O3. The maximum atomic E-state index is 10.6. The lowest BCUT2D eigenvalue weighted by atomic mass is 10.5. The molecule has 0 unspecified atom stereocenters. The van der Waals surface area contributed by atoms with Crippen molar-refractivity contribution in [3.63, 3.8) is 0 Å². The molecule has 0 bridgehead atoms. The molecule has 0 saturated heterocycles. The van der Waals surface area contributed by atoms with Crippen molar-refractivity contribution in [2.24, 2.45) is 7.05 Å². The first kappa shape index (κ1) is 9.17. The Balaban J connectivity index is 3.14. The summed E-state index contributed by atoms with van der Waals surface area (Å²) in [7, 11) is 2.76. The summed E-state index contributed by atoms with van der Waals surface area (Å²) in [5.74, 6) is -0.284. The molecule has 70 valence electrons. The molecule has 1 aromatic rings. The van der Waals surface area contributed by atoms with Crippen LogP contribution >= 0.6 is 0 Å². The minimum atomic E-state index is -0.609. The summed E-state index contributed by atoms with van der Waals surface area (Å²) in [4.78, 5) is 13.3. The Morgan fingerprint density at radius 3 is 2.62 bits per heavy atom. The second-order valence-electron chi connectivity index (χ2n) is 2.47. The van der Waals surface area contributed by atoms with E-state index in [1.807, 2.05) is 0 Å². The van der Waals surface area contributed by atoms with Crippen LogP contribution < -0.4 is 0 Å². The topological polar surface area (TPSA) is 87.0 Å². The van der Waals surface area contributed by atoms with E-state index in [-0.39, 0.29) is 5.95 Å². The van der Waals surface area contributed by atoms with Gasteiger partial charge in [0.1, 0.15) is 7.05 Å². The first-order valence-corrected chi connectivity index (χ1v) is 3.43. The Morgan fingerprint density at radius 2 is 2.23 bits per heavy atom. The smallest absolute Gasteiger partial charge is 0.435 e. The molecule has 0 aliphatic rings. The van der Waals surface area contributed by atoms with Crippen LogP contribution in [0, 0.1) is 15.3 Å². The Labute approximate surface area is 73.7 Å². The van der Waals surface area contributed by atoms with Crippen LogP contribution in [-0.2, 0) is 7.05 Å². The van der Waals surface area contributed by atoms with Gasteiger partial charge in [0.15, 0.2) is 6.20 Å². The van der Waals surface area contributed by atoms with Crippen molar-refractivity contribution < 1.29 is 9.66 Å². The SMILES string of the molecule is Cn1c(/C=[N+](/C)[O-])cnc1[N+](=O)[O-]. The molecule has 0 aliphatic heterocycles. The van der Waals surface area contributed by atoms with Crippen molar-refractivity contribution in [1.29, 1.82) is 0 Å². The number of hydroxylamine groups is 1. The number of hydrogen-bond acceptors (Lipinski definition) is 4. The minimum absolute atomic E-state index is 0.284. The van der Waals surface area contributed by atoms with Crippen molar-refractivity contribution in [2.75, 3.05) is 7.05 Å². The van der Waals surface area contributed by atoms with Crippen LogP contribution in [0.4, 0.5) is 5.95 Å². The molecular weight excluding hydrogens is 176 g/mol. The number of aromatic nitrogens is 2. The van der Waals surface area contributed by atoms with Crippen LogP contribution in [0.3, 0.4) is 0 Å². The molecule has 0 fully saturated rings. The third-order valence-electron chi connectivity index (χ3n) is 1.48. The van der Waals surface area contributed by atoms with Gasteiger partial charge in [-0.2, -0.15) is 0 Å². The number of nitro groups is 1. The van der Waals surface area contributed by atoms with Gasteiger partial charge in [0.05, 0.1) is 7.05 Å². The molecule has 0 amide bonds. The van der Waals surface area contributed by atoms with E-state index < -0.39 is 4.92 Å². The van der Waals surface area contributed by atoms with Gasteiger partial charge in [0.25, 0.3) is 0 Å². The maximum Gasteiger partial charge on any atom is 0.435 e. The van der Waals surface area contributed by atoms with Crippen molar-refractivity contribution >= 4 is 12.2 Å². The molecule has 0 spiro atoms. The van der Waals surface area contributed by atoms with E-state index in [4.69, 9.17) is 0 Å². The van der Waals surface area contributed by atoms with E-state index in [1.54, 1.807) is 0 Å². The summed E-state index contributed by atoms with van der Waals surface area (Å²) in [5, 5.41) is 20.9. The average molecular weight is 184 g/mol. The molecule has 0 atom stereocenters. The summed E-state index contributed by atoms with van der Waals surface area (Å²) in [6.07, 6.45) is 2.48. The van der Waals surface area contributed by atoms with Crippen LogP contribution in [0.2, 0.25) is 0 Å². The van der Waals surface area contributed by atoms with Crippen LogP contribution in [0.15, 0.2) is 6.20 Å². The molecule has 0 N–H and O–H groups in total. The molecule has 13 heavy (non-hydrogen) atoms. The average Bonchev–Trinajstić information content (AvgIpc) is 2.32. The van der Waals surface area contributed by atoms with E-state index >= 15 is 0 Å². The Hall–Kier alpha value is -1.92. The highest BCUT2D eigenvalue weighted by molar-refractivity contribution is 5.73. The largest absolute Gasteiger partial charge is 0.624 e. The number of hydrogen-bond donors (Lipinski definition) is 0. The van der Waals surface area contributed by atoms with Gasteiger partial charge in [-0.15, -0.1) is 0 Å². The summed E-state index contributed by atoms with van der Waals surface area (Å²) in [5.41, 5.74) is 0.393. The van der Waals surface area contributed by atoms with Crippen molar-refractivity contribution in [1.82, 2.24) is 9.55 Å². The Kier molecular flexibility index (Phi) is 2.27. The second kappa shape index (κ2) is 3.21. The zero-order valence-corrected chi connectivity index (χ0v) is 7.17. The second-order valence-corrected chi connectivity index (χ2v) is 2.47. The number of nitrogens with zero attached hydrogens (tertiary/aromatic N) is 4. The van der Waals surface area contributed by atoms with Crippen LogP contribution in [-0.4, -0.2) is 32.5 Å². The van der Waals surface area contributed by atoms with Gasteiger partial charge in [-0.1, -0.05) is 4.98 Å². The minimum Gasteiger partial charge on any atom is -0.624 e. The third kappa shape index (κ3) is 1.81. The van der Waals surface area contributed by atoms with Crippen molar-refractivity contribution in [3.8, 4) is 0 Å². The quantitative estimate of drug-likeness (QED) is 0.211. The van der Waals surface area contributed by atoms with Gasteiger partial charge >= 0.3 is 5.95 Å². The molecule has 1 aromatic heterocycles. The fourth-order valence-electron chi connectivity index (χ4n) is 0.888. The van der Waals surface area contributed by atoms with Crippen LogP contribution in [0.25, 0.3) is 0 Å². The highest BCUT2D eigenvalue weighted by atomic mass is 16.6. The van der Waals surface area contributed by atoms with Gasteiger partial charge in [-0.25, -0.2) is 9.31 Å². The lowest BCUT2D eigenvalue weighted by Gasteiger charge is -1.95. The van der Waals surface area contributed by atoms with E-state index in [0.717, 1.165) is 0 Å². The fourth-order valence-corrected chi connectivity index (χ4v) is 0.888. The molecule has 0 aromatic carbocycles. The summed E-state index contributed by atoms with van der Waals surface area (Å²) >= 11 is 0. The van der Waals surface area contributed by atoms with Gasteiger partial charge < -0.3 is 15.3 Å². The first-order chi connectivity index (χ1) is 6.02. The normalized spacial score (nSPS) is 11.7. The van der Waals surface area contributed by atoms with Crippen LogP contribution in [0.5, 0.6) is 0 Å². The molecule has 0 saturated carbocycles. The van der Waals surface area contributed by atoms with E-state index in [1.165, 1.54) is 31.1 Å². The van der Waals surface area contributed by atoms with Crippen molar-refractivity contribution in [2.45, 2.75) is 0 Å². The molecule has 7 heteroatoms. The van der Waals surface area contributed by atoms with Gasteiger partial charge in [0, 0.05) is 0 Å². The molecule has 1 heterocycles. The zero-order valence-electron chi connectivity index (χ0n) is 7.17. The Bertz CT molecular complexity index is 364. The highest BCUT2D eigenvalue weighted by Crippen LogP contribution is 2.08. The predicted octanol–water partition coefficient (Wildman–Crippen LogP) is -0.113. The number of imidazole rings is 1. The Morgan fingerprint density at radius 1 is 1.62 bits per heavy atom. The fraction of sp³-hybridized carbons (Fsp3) is 0.333.